The number of hydrogen-bond acceptors (Lipinski definition) is 3. The third-order valence-corrected chi connectivity index (χ3v) is 17.1. The lowest BCUT2D eigenvalue weighted by Gasteiger charge is -2.41. The summed E-state index contributed by atoms with van der Waals surface area (Å²) >= 11 is 0. The van der Waals surface area contributed by atoms with E-state index in [9.17, 15) is 0 Å². The standard InChI is InChI=1S/C66H49N3S/c1-70(2)64-40-39-53(67(50-27-6-3-7-28-50)61-36-18-24-46-21-12-15-33-56(46)61)43-59(64)60-44-54(68(51-29-8-4-9-30-51)62-37-19-25-47-22-13-16-34-57(47)62)41-49-42-55(45-65(70)66(49)60)69(52-31-10-5-11-32-52)63-38-20-26-48-23-14-17-35-58(48)63/h3-45H,1-2H3. The molecule has 3 nitrogen and oxygen atoms in total. The second-order valence-corrected chi connectivity index (χ2v) is 22.1. The molecule has 0 aliphatic carbocycles. The highest BCUT2D eigenvalue weighted by Gasteiger charge is 2.34. The van der Waals surface area contributed by atoms with Gasteiger partial charge in [0.15, 0.2) is 0 Å². The largest absolute Gasteiger partial charge is 0.310 e. The molecule has 1 heterocycles. The van der Waals surface area contributed by atoms with Gasteiger partial charge in [-0.25, -0.2) is 0 Å². The number of nitrogens with zero attached hydrogens (tertiary/aromatic N) is 3. The first-order chi connectivity index (χ1) is 34.5. The van der Waals surface area contributed by atoms with Gasteiger partial charge in [0.25, 0.3) is 0 Å². The average Bonchev–Trinajstić information content (AvgIpc) is 3.41. The molecule has 12 aromatic rings. The van der Waals surface area contributed by atoms with Gasteiger partial charge >= 0.3 is 0 Å². The van der Waals surface area contributed by atoms with Gasteiger partial charge in [0.05, 0.1) is 17.1 Å². The lowest BCUT2D eigenvalue weighted by molar-refractivity contribution is 1.25. The molecule has 0 bridgehead atoms. The van der Waals surface area contributed by atoms with Gasteiger partial charge in [-0.2, -0.15) is 10.0 Å². The van der Waals surface area contributed by atoms with E-state index >= 15 is 0 Å². The summed E-state index contributed by atoms with van der Waals surface area (Å²) in [6, 6.07) is 96.0. The fourth-order valence-electron chi connectivity index (χ4n) is 11.0. The maximum Gasteiger partial charge on any atom is 0.0540 e. The summed E-state index contributed by atoms with van der Waals surface area (Å²) in [6.45, 7) is 0. The molecule has 0 saturated carbocycles. The molecule has 0 amide bonds. The highest BCUT2D eigenvalue weighted by atomic mass is 32.3. The van der Waals surface area contributed by atoms with E-state index in [0.29, 0.717) is 0 Å². The Morgan fingerprint density at radius 3 is 1.09 bits per heavy atom. The van der Waals surface area contributed by atoms with E-state index in [4.69, 9.17) is 0 Å². The van der Waals surface area contributed by atoms with Crippen LogP contribution in [-0.2, 0) is 0 Å². The van der Waals surface area contributed by atoms with Crippen LogP contribution in [0.15, 0.2) is 271 Å². The lowest BCUT2D eigenvalue weighted by atomic mass is 9.94. The third kappa shape index (κ3) is 6.90. The highest BCUT2D eigenvalue weighted by Crippen LogP contribution is 2.67. The molecule has 1 aliphatic heterocycles. The second-order valence-electron chi connectivity index (χ2n) is 18.6. The summed E-state index contributed by atoms with van der Waals surface area (Å²) < 4.78 is 0. The summed E-state index contributed by atoms with van der Waals surface area (Å²) in [6.07, 6.45) is 5.00. The zero-order valence-corrected chi connectivity index (χ0v) is 39.9. The third-order valence-electron chi connectivity index (χ3n) is 14.2. The van der Waals surface area contributed by atoms with Crippen molar-refractivity contribution in [3.63, 3.8) is 0 Å². The molecule has 70 heavy (non-hydrogen) atoms. The Bertz CT molecular complexity index is 3920. The van der Waals surface area contributed by atoms with Crippen LogP contribution in [0.3, 0.4) is 0 Å². The molecule has 1 aliphatic rings. The van der Waals surface area contributed by atoms with Crippen molar-refractivity contribution in [1.82, 2.24) is 0 Å². The van der Waals surface area contributed by atoms with Crippen molar-refractivity contribution in [2.45, 2.75) is 9.79 Å². The first-order valence-electron chi connectivity index (χ1n) is 24.0. The second kappa shape index (κ2) is 16.9. The minimum absolute atomic E-state index is 1.10. The number of rotatable bonds is 9. The van der Waals surface area contributed by atoms with Crippen LogP contribution in [0.2, 0.25) is 0 Å². The molecule has 12 aromatic carbocycles. The Morgan fingerprint density at radius 1 is 0.257 bits per heavy atom. The lowest BCUT2D eigenvalue weighted by Crippen LogP contribution is -2.15. The molecule has 0 N–H and O–H groups in total. The molecular weight excluding hydrogens is 867 g/mol. The van der Waals surface area contributed by atoms with Gasteiger partial charge in [0.1, 0.15) is 0 Å². The van der Waals surface area contributed by atoms with E-state index in [1.807, 2.05) is 0 Å². The van der Waals surface area contributed by atoms with E-state index in [2.05, 4.69) is 288 Å². The molecule has 0 saturated heterocycles. The first kappa shape index (κ1) is 41.6. The van der Waals surface area contributed by atoms with Crippen LogP contribution >= 0.6 is 10.0 Å². The van der Waals surface area contributed by atoms with Crippen LogP contribution in [0.5, 0.6) is 0 Å². The van der Waals surface area contributed by atoms with Crippen molar-refractivity contribution in [3.05, 3.63) is 261 Å². The van der Waals surface area contributed by atoms with Crippen LogP contribution in [0.4, 0.5) is 51.2 Å². The number of para-hydroxylation sites is 3. The van der Waals surface area contributed by atoms with Gasteiger partial charge in [0.2, 0.25) is 0 Å². The normalized spacial score (nSPS) is 13.0. The van der Waals surface area contributed by atoms with Crippen LogP contribution in [-0.4, -0.2) is 12.5 Å². The number of benzene rings is 12. The summed E-state index contributed by atoms with van der Waals surface area (Å²) in [5, 5.41) is 9.76. The van der Waals surface area contributed by atoms with Crippen LogP contribution in [0.1, 0.15) is 0 Å². The Morgan fingerprint density at radius 2 is 0.629 bits per heavy atom. The molecule has 0 atom stereocenters. The number of hydrogen-bond donors (Lipinski definition) is 0. The van der Waals surface area contributed by atoms with Gasteiger partial charge in [-0.05, 0) is 142 Å². The minimum atomic E-state index is -1.60. The molecule has 0 spiro atoms. The zero-order valence-electron chi connectivity index (χ0n) is 39.1. The highest BCUT2D eigenvalue weighted by molar-refractivity contribution is 8.33. The van der Waals surface area contributed by atoms with E-state index < -0.39 is 10.0 Å². The van der Waals surface area contributed by atoms with Crippen LogP contribution in [0.25, 0.3) is 54.2 Å². The number of anilines is 9. The SMILES string of the molecule is CS1(C)c2ccc(N(c3ccccc3)c3cccc4ccccc34)cc2-c2cc(N(c3ccccc3)c3cccc4ccccc34)cc3cc(N(c4ccccc4)c4cccc5ccccc45)cc1c23. The molecule has 0 radical (unpaired) electrons. The quantitative estimate of drug-likeness (QED) is 0.143. The predicted octanol–water partition coefficient (Wildman–Crippen LogP) is 19.2. The van der Waals surface area contributed by atoms with Crippen molar-refractivity contribution >= 4 is 104 Å². The maximum atomic E-state index is 2.51. The monoisotopic (exact) mass is 915 g/mol. The summed E-state index contributed by atoms with van der Waals surface area (Å²) in [7, 11) is -1.60. The van der Waals surface area contributed by atoms with Crippen molar-refractivity contribution in [2.24, 2.45) is 0 Å². The van der Waals surface area contributed by atoms with Crippen LogP contribution in [0, 0.1) is 0 Å². The summed E-state index contributed by atoms with van der Waals surface area (Å²) in [4.78, 5) is 10.1. The van der Waals surface area contributed by atoms with Gasteiger partial charge in [0, 0.05) is 65.5 Å². The Labute approximate surface area is 411 Å². The predicted molar refractivity (Wildman–Crippen MR) is 302 cm³/mol. The van der Waals surface area contributed by atoms with E-state index in [0.717, 1.165) is 51.2 Å². The molecule has 334 valence electrons. The molecule has 0 unspecified atom stereocenters. The van der Waals surface area contributed by atoms with Gasteiger partial charge < -0.3 is 14.7 Å². The molecule has 0 aromatic heterocycles. The smallest absolute Gasteiger partial charge is 0.0540 e. The fourth-order valence-corrected chi connectivity index (χ4v) is 13.5. The van der Waals surface area contributed by atoms with Gasteiger partial charge in [-0.3, -0.25) is 0 Å². The molecular formula is C66H49N3S. The van der Waals surface area contributed by atoms with Gasteiger partial charge in [-0.15, -0.1) is 0 Å². The Kier molecular flexibility index (Phi) is 10.0. The van der Waals surface area contributed by atoms with E-state index in [1.165, 1.54) is 64.0 Å². The topological polar surface area (TPSA) is 9.72 Å². The van der Waals surface area contributed by atoms with E-state index in [1.54, 1.807) is 0 Å². The Hall–Kier alpha value is -8.57. The fraction of sp³-hybridized carbons (Fsp3) is 0.0303. The minimum Gasteiger partial charge on any atom is -0.310 e. The molecule has 13 rings (SSSR count). The van der Waals surface area contributed by atoms with Crippen molar-refractivity contribution in [2.75, 3.05) is 27.2 Å². The van der Waals surface area contributed by atoms with E-state index in [-0.39, 0.29) is 0 Å². The summed E-state index contributed by atoms with van der Waals surface area (Å²) in [5.74, 6) is 0. The summed E-state index contributed by atoms with van der Waals surface area (Å²) in [5.41, 5.74) is 12.6. The van der Waals surface area contributed by atoms with Crippen molar-refractivity contribution in [1.29, 1.82) is 0 Å². The van der Waals surface area contributed by atoms with Crippen molar-refractivity contribution < 1.29 is 0 Å². The number of fused-ring (bicyclic) bond motifs is 5. The first-order valence-corrected chi connectivity index (χ1v) is 26.4. The Balaban J connectivity index is 1.12. The average molecular weight is 916 g/mol. The zero-order chi connectivity index (χ0) is 46.8. The van der Waals surface area contributed by atoms with Gasteiger partial charge in [-0.1, -0.05) is 164 Å². The maximum absolute atomic E-state index is 2.51. The molecule has 4 heteroatoms. The van der Waals surface area contributed by atoms with Crippen LogP contribution < -0.4 is 14.7 Å². The van der Waals surface area contributed by atoms with Crippen molar-refractivity contribution in [3.8, 4) is 11.1 Å². The molecule has 0 fully saturated rings.